The molecule has 0 aromatic heterocycles. The van der Waals surface area contributed by atoms with Crippen LogP contribution >= 0.6 is 11.8 Å². The third-order valence-corrected chi connectivity index (χ3v) is 3.46. The molecule has 0 aliphatic rings. The molecule has 0 heterocycles. The fraction of sp³-hybridized carbons (Fsp3) is 0.312. The van der Waals surface area contributed by atoms with Crippen LogP contribution in [0.5, 0.6) is 0 Å². The first-order chi connectivity index (χ1) is 8.74. The maximum Gasteiger partial charge on any atom is 0.223 e. The van der Waals surface area contributed by atoms with Gasteiger partial charge in [0.25, 0.3) is 0 Å². The fourth-order valence-electron chi connectivity index (χ4n) is 1.47. The predicted octanol–water partition coefficient (Wildman–Crippen LogP) is 5.00. The second kappa shape index (κ2) is 8.76. The minimum absolute atomic E-state index is 0.0212. The first-order valence-electron chi connectivity index (χ1n) is 6.36. The Bertz CT molecular complexity index is 406. The lowest BCUT2D eigenvalue weighted by Crippen LogP contribution is -1.92. The van der Waals surface area contributed by atoms with Crippen molar-refractivity contribution in [1.82, 2.24) is 0 Å². The van der Waals surface area contributed by atoms with Crippen molar-refractivity contribution >= 4 is 16.9 Å². The molecule has 1 nitrogen and oxygen atoms in total. The molecule has 0 bridgehead atoms. The van der Waals surface area contributed by atoms with Crippen LogP contribution in [0.25, 0.3) is 0 Å². The number of hydrogen-bond donors (Lipinski definition) is 0. The Morgan fingerprint density at radius 3 is 2.67 bits per heavy atom. The highest BCUT2D eigenvalue weighted by Crippen LogP contribution is 2.21. The van der Waals surface area contributed by atoms with Crippen molar-refractivity contribution in [3.8, 4) is 0 Å². The highest BCUT2D eigenvalue weighted by atomic mass is 32.2. The van der Waals surface area contributed by atoms with E-state index in [1.165, 1.54) is 31.0 Å². The minimum Gasteiger partial charge on any atom is -0.281 e. The monoisotopic (exact) mass is 260 g/mol. The molecule has 0 unspecified atom stereocenters. The molecule has 0 amide bonds. The molecule has 0 aliphatic carbocycles. The zero-order valence-corrected chi connectivity index (χ0v) is 11.7. The number of allylic oxidation sites excluding steroid dienone is 2. The highest BCUT2D eigenvalue weighted by Gasteiger charge is 2.05. The molecule has 0 atom stereocenters. The van der Waals surface area contributed by atoms with Crippen LogP contribution in [-0.2, 0) is 4.79 Å². The Morgan fingerprint density at radius 1 is 1.28 bits per heavy atom. The van der Waals surface area contributed by atoms with Crippen molar-refractivity contribution in [3.63, 3.8) is 0 Å². The fourth-order valence-corrected chi connectivity index (χ4v) is 2.17. The molecule has 0 aliphatic heterocycles. The summed E-state index contributed by atoms with van der Waals surface area (Å²) in [4.78, 5) is 12.8. The number of rotatable bonds is 7. The Hall–Kier alpha value is -1.28. The summed E-state index contributed by atoms with van der Waals surface area (Å²) in [6.07, 6.45) is 8.55. The molecule has 0 radical (unpaired) electrons. The van der Waals surface area contributed by atoms with E-state index in [9.17, 15) is 4.79 Å². The molecule has 1 aromatic carbocycles. The number of carbonyl (C=O) groups excluding carboxylic acids is 1. The van der Waals surface area contributed by atoms with Crippen LogP contribution in [0.15, 0.2) is 59.5 Å². The lowest BCUT2D eigenvalue weighted by molar-refractivity contribution is -0.107. The van der Waals surface area contributed by atoms with Gasteiger partial charge in [-0.15, -0.1) is 0 Å². The lowest BCUT2D eigenvalue weighted by Gasteiger charge is -2.00. The zero-order valence-electron chi connectivity index (χ0n) is 10.9. The van der Waals surface area contributed by atoms with Gasteiger partial charge in [0.15, 0.2) is 0 Å². The number of hydrogen-bond acceptors (Lipinski definition) is 2. The van der Waals surface area contributed by atoms with Gasteiger partial charge in [0.05, 0.1) is 0 Å². The van der Waals surface area contributed by atoms with Gasteiger partial charge in [-0.05, 0) is 36.7 Å². The first-order valence-corrected chi connectivity index (χ1v) is 7.18. The molecule has 0 N–H and O–H groups in total. The molecule has 0 saturated carbocycles. The quantitative estimate of drug-likeness (QED) is 0.297. The van der Waals surface area contributed by atoms with Crippen molar-refractivity contribution in [2.45, 2.75) is 37.5 Å². The molecule has 1 rings (SSSR count). The van der Waals surface area contributed by atoms with E-state index in [0.717, 1.165) is 11.3 Å². The van der Waals surface area contributed by atoms with Crippen molar-refractivity contribution in [3.05, 3.63) is 54.6 Å². The van der Waals surface area contributed by atoms with Crippen molar-refractivity contribution in [2.24, 2.45) is 0 Å². The lowest BCUT2D eigenvalue weighted by atomic mass is 10.2. The van der Waals surface area contributed by atoms with E-state index in [-0.39, 0.29) is 5.12 Å². The summed E-state index contributed by atoms with van der Waals surface area (Å²) < 4.78 is 0. The Balaban J connectivity index is 2.35. The van der Waals surface area contributed by atoms with E-state index >= 15 is 0 Å². The summed E-state index contributed by atoms with van der Waals surface area (Å²) in [5.41, 5.74) is 0.570. The summed E-state index contributed by atoms with van der Waals surface area (Å²) in [6, 6.07) is 9.66. The average molecular weight is 260 g/mol. The van der Waals surface area contributed by atoms with Gasteiger partial charge < -0.3 is 0 Å². The second-order valence-corrected chi connectivity index (χ2v) is 5.17. The summed E-state index contributed by atoms with van der Waals surface area (Å²) >= 11 is 1.23. The molecular formula is C16H20OS. The average Bonchev–Trinajstić information content (AvgIpc) is 2.39. The normalized spacial score (nSPS) is 10.7. The first kappa shape index (κ1) is 14.8. The van der Waals surface area contributed by atoms with Crippen LogP contribution in [0.3, 0.4) is 0 Å². The number of unbranched alkanes of at least 4 members (excludes halogenated alkanes) is 3. The SMILES string of the molecule is C=C(/C=C/CCCCC)C(=O)Sc1ccccc1. The summed E-state index contributed by atoms with van der Waals surface area (Å²) in [6.45, 7) is 5.99. The van der Waals surface area contributed by atoms with Crippen LogP contribution in [0, 0.1) is 0 Å². The largest absolute Gasteiger partial charge is 0.281 e. The maximum absolute atomic E-state index is 11.8. The van der Waals surface area contributed by atoms with Gasteiger partial charge in [0.1, 0.15) is 0 Å². The molecule has 18 heavy (non-hydrogen) atoms. The number of carbonyl (C=O) groups is 1. The van der Waals surface area contributed by atoms with Gasteiger partial charge in [0.2, 0.25) is 5.12 Å². The van der Waals surface area contributed by atoms with Gasteiger partial charge >= 0.3 is 0 Å². The summed E-state index contributed by atoms with van der Waals surface area (Å²) in [5, 5.41) is 0.0212. The molecule has 2 heteroatoms. The van der Waals surface area contributed by atoms with Gasteiger partial charge in [-0.3, -0.25) is 4.79 Å². The number of benzene rings is 1. The summed E-state index contributed by atoms with van der Waals surface area (Å²) in [7, 11) is 0. The molecule has 0 spiro atoms. The maximum atomic E-state index is 11.8. The van der Waals surface area contributed by atoms with E-state index in [1.54, 1.807) is 0 Å². The van der Waals surface area contributed by atoms with Crippen molar-refractivity contribution < 1.29 is 4.79 Å². The topological polar surface area (TPSA) is 17.1 Å². The molecule has 96 valence electrons. The standard InChI is InChI=1S/C16H20OS/c1-3-4-5-6-8-11-14(2)16(17)18-15-12-9-7-10-13-15/h7-13H,2-6H2,1H3/b11-8+. The predicted molar refractivity (Wildman–Crippen MR) is 79.7 cm³/mol. The Labute approximate surface area is 114 Å². The van der Waals surface area contributed by atoms with Crippen molar-refractivity contribution in [2.75, 3.05) is 0 Å². The zero-order chi connectivity index (χ0) is 13.2. The molecule has 0 fully saturated rings. The third-order valence-electron chi connectivity index (χ3n) is 2.51. The van der Waals surface area contributed by atoms with E-state index in [2.05, 4.69) is 13.5 Å². The van der Waals surface area contributed by atoms with E-state index < -0.39 is 0 Å². The van der Waals surface area contributed by atoms with Gasteiger partial charge in [0, 0.05) is 10.5 Å². The van der Waals surface area contributed by atoms with E-state index in [1.807, 2.05) is 42.5 Å². The van der Waals surface area contributed by atoms with Crippen LogP contribution in [0.2, 0.25) is 0 Å². The van der Waals surface area contributed by atoms with E-state index in [0.29, 0.717) is 5.57 Å². The third kappa shape index (κ3) is 5.87. The van der Waals surface area contributed by atoms with Crippen LogP contribution in [0.4, 0.5) is 0 Å². The molecular weight excluding hydrogens is 240 g/mol. The smallest absolute Gasteiger partial charge is 0.223 e. The second-order valence-electron chi connectivity index (χ2n) is 4.13. The van der Waals surface area contributed by atoms with E-state index in [4.69, 9.17) is 0 Å². The Kier molecular flexibility index (Phi) is 7.19. The van der Waals surface area contributed by atoms with Gasteiger partial charge in [-0.1, -0.05) is 56.7 Å². The number of thioether (sulfide) groups is 1. The van der Waals surface area contributed by atoms with Gasteiger partial charge in [-0.25, -0.2) is 0 Å². The van der Waals surface area contributed by atoms with Crippen LogP contribution < -0.4 is 0 Å². The summed E-state index contributed by atoms with van der Waals surface area (Å²) in [5.74, 6) is 0. The van der Waals surface area contributed by atoms with Crippen molar-refractivity contribution in [1.29, 1.82) is 0 Å². The molecule has 0 saturated heterocycles. The Morgan fingerprint density at radius 2 is 2.00 bits per heavy atom. The minimum atomic E-state index is 0.0212. The molecule has 1 aromatic rings. The van der Waals surface area contributed by atoms with Crippen LogP contribution in [-0.4, -0.2) is 5.12 Å². The van der Waals surface area contributed by atoms with Gasteiger partial charge in [-0.2, -0.15) is 0 Å². The van der Waals surface area contributed by atoms with Crippen LogP contribution in [0.1, 0.15) is 32.6 Å². The highest BCUT2D eigenvalue weighted by molar-refractivity contribution is 8.14.